The van der Waals surface area contributed by atoms with E-state index >= 15 is 0 Å². The normalized spacial score (nSPS) is 21.8. The van der Waals surface area contributed by atoms with Crippen LogP contribution < -0.4 is 11.1 Å². The number of carbonyl (C=O) groups excluding carboxylic acids is 2. The van der Waals surface area contributed by atoms with Gasteiger partial charge < -0.3 is 20.9 Å². The minimum atomic E-state index is -0.779. The van der Waals surface area contributed by atoms with Crippen molar-refractivity contribution in [2.45, 2.75) is 44.6 Å². The lowest BCUT2D eigenvalue weighted by molar-refractivity contribution is 0.0664. The van der Waals surface area contributed by atoms with Crippen molar-refractivity contribution in [3.05, 3.63) is 58.7 Å². The molecule has 2 amide bonds. The number of aliphatic imine (C=N–C) groups is 1. The molecule has 2 atom stereocenters. The van der Waals surface area contributed by atoms with E-state index in [1.165, 1.54) is 4.52 Å². The summed E-state index contributed by atoms with van der Waals surface area (Å²) in [6.07, 6.45) is 6.20. The van der Waals surface area contributed by atoms with Gasteiger partial charge in [-0.3, -0.25) is 14.6 Å². The largest absolute Gasteiger partial charge is 0.381 e. The molecule has 0 bridgehead atoms. The van der Waals surface area contributed by atoms with Crippen molar-refractivity contribution in [1.82, 2.24) is 29.7 Å². The summed E-state index contributed by atoms with van der Waals surface area (Å²) in [6, 6.07) is 5.88. The number of aryl methyl sites for hydroxylation is 1. The zero-order chi connectivity index (χ0) is 27.7. The number of aromatic nitrogens is 3. The van der Waals surface area contributed by atoms with Gasteiger partial charge in [0, 0.05) is 50.4 Å². The SMILES string of the molecule is CCCC1(NC(=O)c2c(N)nn3cc(F)cnc23)C=NCCC1c1ccc(C(=O)N2CCN(C)CC2)cc1C. The van der Waals surface area contributed by atoms with Crippen molar-refractivity contribution in [2.75, 3.05) is 45.5 Å². The third-order valence-electron chi connectivity index (χ3n) is 7.88. The van der Waals surface area contributed by atoms with Crippen molar-refractivity contribution >= 4 is 29.5 Å². The maximum atomic E-state index is 13.7. The Morgan fingerprint density at radius 3 is 2.72 bits per heavy atom. The highest BCUT2D eigenvalue weighted by atomic mass is 19.1. The number of rotatable bonds is 6. The summed E-state index contributed by atoms with van der Waals surface area (Å²) in [5.74, 6) is -1.06. The standard InChI is InChI=1S/C28H35FN8O2/c1-4-8-28(33-26(38)23-24(30)34-37-16-20(29)15-32-25(23)37)17-31-9-7-22(28)21-6-5-19(14-18(21)2)27(39)36-12-10-35(3)11-13-36/h5-6,14-17,22H,4,7-13H2,1-3H3,(H2,30,34)(H,33,38). The molecule has 2 unspecified atom stereocenters. The molecule has 3 N–H and O–H groups in total. The number of nitrogen functional groups attached to an aromatic ring is 1. The zero-order valence-corrected chi connectivity index (χ0v) is 22.7. The van der Waals surface area contributed by atoms with E-state index in [1.807, 2.05) is 36.2 Å². The van der Waals surface area contributed by atoms with E-state index in [0.29, 0.717) is 18.5 Å². The molecule has 1 aromatic carbocycles. The van der Waals surface area contributed by atoms with Crippen LogP contribution in [0.25, 0.3) is 5.65 Å². The number of amides is 2. The maximum absolute atomic E-state index is 13.7. The average Bonchev–Trinajstić information content (AvgIpc) is 3.24. The summed E-state index contributed by atoms with van der Waals surface area (Å²) in [7, 11) is 2.07. The van der Waals surface area contributed by atoms with Crippen molar-refractivity contribution in [3.8, 4) is 0 Å². The quantitative estimate of drug-likeness (QED) is 0.502. The van der Waals surface area contributed by atoms with E-state index in [4.69, 9.17) is 5.73 Å². The number of nitrogens with one attached hydrogen (secondary N) is 1. The van der Waals surface area contributed by atoms with Crippen molar-refractivity contribution in [3.63, 3.8) is 0 Å². The Kier molecular flexibility index (Phi) is 7.35. The summed E-state index contributed by atoms with van der Waals surface area (Å²) in [5.41, 5.74) is 8.33. The fourth-order valence-electron chi connectivity index (χ4n) is 5.86. The highest BCUT2D eigenvalue weighted by Crippen LogP contribution is 2.39. The van der Waals surface area contributed by atoms with Gasteiger partial charge >= 0.3 is 0 Å². The van der Waals surface area contributed by atoms with E-state index in [1.54, 1.807) is 0 Å². The molecule has 5 rings (SSSR count). The summed E-state index contributed by atoms with van der Waals surface area (Å²) in [5, 5.41) is 7.29. The number of nitrogens with two attached hydrogens (primary N) is 1. The number of halogens is 1. The van der Waals surface area contributed by atoms with Gasteiger partial charge in [-0.2, -0.15) is 0 Å². The summed E-state index contributed by atoms with van der Waals surface area (Å²) < 4.78 is 14.9. The topological polar surface area (TPSA) is 121 Å². The van der Waals surface area contributed by atoms with Gasteiger partial charge in [0.05, 0.1) is 17.9 Å². The first-order valence-electron chi connectivity index (χ1n) is 13.4. The highest BCUT2D eigenvalue weighted by Gasteiger charge is 2.42. The average molecular weight is 535 g/mol. The first-order valence-corrected chi connectivity index (χ1v) is 13.4. The van der Waals surface area contributed by atoms with Crippen LogP contribution in [0.15, 0.2) is 35.6 Å². The molecule has 10 nitrogen and oxygen atoms in total. The number of carbonyl (C=O) groups is 2. The van der Waals surface area contributed by atoms with Gasteiger partial charge in [-0.05, 0) is 50.1 Å². The molecule has 4 heterocycles. The monoisotopic (exact) mass is 534 g/mol. The molecule has 1 saturated heterocycles. The molecular weight excluding hydrogens is 499 g/mol. The lowest BCUT2D eigenvalue weighted by Crippen LogP contribution is -2.56. The van der Waals surface area contributed by atoms with Gasteiger partial charge in [0.15, 0.2) is 17.3 Å². The van der Waals surface area contributed by atoms with Gasteiger partial charge in [-0.1, -0.05) is 19.4 Å². The smallest absolute Gasteiger partial charge is 0.259 e. The molecule has 0 spiro atoms. The fourth-order valence-corrected chi connectivity index (χ4v) is 5.86. The third-order valence-corrected chi connectivity index (χ3v) is 7.88. The van der Waals surface area contributed by atoms with Crippen LogP contribution in [0.3, 0.4) is 0 Å². The number of hydrogen-bond acceptors (Lipinski definition) is 7. The molecule has 39 heavy (non-hydrogen) atoms. The number of nitrogens with zero attached hydrogens (tertiary/aromatic N) is 6. The predicted molar refractivity (Wildman–Crippen MR) is 148 cm³/mol. The van der Waals surface area contributed by atoms with E-state index in [0.717, 1.165) is 62.5 Å². The summed E-state index contributed by atoms with van der Waals surface area (Å²) >= 11 is 0. The number of anilines is 1. The Bertz CT molecular complexity index is 1430. The van der Waals surface area contributed by atoms with Crippen LogP contribution in [-0.2, 0) is 0 Å². The number of benzene rings is 1. The first kappa shape index (κ1) is 26.7. The second-order valence-corrected chi connectivity index (χ2v) is 10.6. The highest BCUT2D eigenvalue weighted by molar-refractivity contribution is 6.06. The number of piperazine rings is 1. The first-order chi connectivity index (χ1) is 18.7. The van der Waals surface area contributed by atoms with Crippen molar-refractivity contribution in [2.24, 2.45) is 4.99 Å². The Morgan fingerprint density at radius 1 is 1.23 bits per heavy atom. The Morgan fingerprint density at radius 2 is 2.00 bits per heavy atom. The fraction of sp³-hybridized carbons (Fsp3) is 0.464. The van der Waals surface area contributed by atoms with Crippen molar-refractivity contribution in [1.29, 1.82) is 0 Å². The van der Waals surface area contributed by atoms with E-state index < -0.39 is 17.3 Å². The summed E-state index contributed by atoms with van der Waals surface area (Å²) in [6.45, 7) is 7.88. The molecule has 11 heteroatoms. The van der Waals surface area contributed by atoms with Gasteiger partial charge in [-0.15, -0.1) is 5.10 Å². The second-order valence-electron chi connectivity index (χ2n) is 10.6. The van der Waals surface area contributed by atoms with Crippen LogP contribution in [0.5, 0.6) is 0 Å². The van der Waals surface area contributed by atoms with E-state index in [9.17, 15) is 14.0 Å². The van der Waals surface area contributed by atoms with E-state index in [2.05, 4.69) is 39.3 Å². The number of fused-ring (bicyclic) bond motifs is 1. The Labute approximate surface area is 227 Å². The lowest BCUT2D eigenvalue weighted by Gasteiger charge is -2.42. The third kappa shape index (κ3) is 5.10. The van der Waals surface area contributed by atoms with Crippen molar-refractivity contribution < 1.29 is 14.0 Å². The molecule has 2 aliphatic rings. The molecule has 2 aliphatic heterocycles. The lowest BCUT2D eigenvalue weighted by atomic mass is 9.72. The van der Waals surface area contributed by atoms with Crippen LogP contribution in [0.4, 0.5) is 10.2 Å². The molecular formula is C28H35FN8O2. The zero-order valence-electron chi connectivity index (χ0n) is 22.7. The van der Waals surface area contributed by atoms with Crippen LogP contribution in [0, 0.1) is 12.7 Å². The molecule has 0 saturated carbocycles. The summed E-state index contributed by atoms with van der Waals surface area (Å²) in [4.78, 5) is 39.6. The minimum absolute atomic E-state index is 0.0236. The van der Waals surface area contributed by atoms with Gasteiger partial charge in [0.2, 0.25) is 0 Å². The van der Waals surface area contributed by atoms with Gasteiger partial charge in [0.25, 0.3) is 11.8 Å². The predicted octanol–water partition coefficient (Wildman–Crippen LogP) is 2.67. The second kappa shape index (κ2) is 10.7. The van der Waals surface area contributed by atoms with Crippen LogP contribution in [-0.4, -0.2) is 87.7 Å². The van der Waals surface area contributed by atoms with E-state index in [-0.39, 0.29) is 28.9 Å². The number of hydrogen-bond donors (Lipinski definition) is 2. The number of likely N-dealkylation sites (N-methyl/N-ethyl adjacent to an activating group) is 1. The van der Waals surface area contributed by atoms with Crippen LogP contribution in [0.2, 0.25) is 0 Å². The Balaban J connectivity index is 1.46. The molecule has 206 valence electrons. The molecule has 0 radical (unpaired) electrons. The van der Waals surface area contributed by atoms with Crippen LogP contribution >= 0.6 is 0 Å². The Hall–Kier alpha value is -3.86. The molecule has 2 aromatic heterocycles. The van der Waals surface area contributed by atoms with Gasteiger partial charge in [0.1, 0.15) is 5.56 Å². The van der Waals surface area contributed by atoms with Gasteiger partial charge in [-0.25, -0.2) is 13.9 Å². The molecule has 1 fully saturated rings. The maximum Gasteiger partial charge on any atom is 0.259 e. The van der Waals surface area contributed by atoms with Crippen LogP contribution in [0.1, 0.15) is 63.9 Å². The molecule has 0 aliphatic carbocycles. The molecule has 3 aromatic rings. The minimum Gasteiger partial charge on any atom is -0.381 e.